The summed E-state index contributed by atoms with van der Waals surface area (Å²) in [5, 5.41) is 2.27. The van der Waals surface area contributed by atoms with Crippen LogP contribution >= 0.6 is 0 Å². The topological polar surface area (TPSA) is 16.4 Å². The van der Waals surface area contributed by atoms with Gasteiger partial charge in [-0.2, -0.15) is 0 Å². The maximum absolute atomic E-state index is 7.60. The van der Waals surface area contributed by atoms with Crippen LogP contribution in [0.5, 0.6) is 0 Å². The third-order valence-electron chi connectivity index (χ3n) is 6.48. The van der Waals surface area contributed by atoms with Crippen molar-refractivity contribution in [2.75, 3.05) is 11.9 Å². The Hall–Kier alpha value is -2.74. The lowest BCUT2D eigenvalue weighted by atomic mass is 9.80. The first kappa shape index (κ1) is 14.3. The van der Waals surface area contributed by atoms with Crippen molar-refractivity contribution in [2.24, 2.45) is 0 Å². The summed E-state index contributed by atoms with van der Waals surface area (Å²) >= 11 is 0. The predicted molar refractivity (Wildman–Crippen MR) is 119 cm³/mol. The monoisotopic (exact) mass is 372 g/mol. The van der Waals surface area contributed by atoms with Crippen molar-refractivity contribution in [3.05, 3.63) is 71.8 Å². The zero-order valence-corrected chi connectivity index (χ0v) is 16.5. The molecule has 1 saturated carbocycles. The second kappa shape index (κ2) is 6.41. The average Bonchev–Trinajstić information content (AvgIpc) is 3.36. The number of anilines is 2. The lowest BCUT2D eigenvalue weighted by Gasteiger charge is -2.24. The Morgan fingerprint density at radius 3 is 2.29 bits per heavy atom. The number of nitrogens with zero attached hydrogens (tertiary/aromatic N) is 1. The highest BCUT2D eigenvalue weighted by Gasteiger charge is 2.33. The van der Waals surface area contributed by atoms with Crippen LogP contribution in [0.25, 0.3) is 21.9 Å². The third-order valence-corrected chi connectivity index (χ3v) is 6.48. The van der Waals surface area contributed by atoms with Crippen LogP contribution in [0, 0.1) is 6.85 Å². The highest BCUT2D eigenvalue weighted by Crippen LogP contribution is 2.46. The smallest absolute Gasteiger partial charge is 0.159 e. The summed E-state index contributed by atoms with van der Waals surface area (Å²) in [6.45, 7) is 0.268. The normalized spacial score (nSPS) is 18.1. The molecule has 0 amide bonds. The van der Waals surface area contributed by atoms with Gasteiger partial charge in [0.1, 0.15) is 5.58 Å². The van der Waals surface area contributed by atoms with Crippen molar-refractivity contribution in [3.63, 3.8) is 0 Å². The van der Waals surface area contributed by atoms with E-state index in [0.717, 1.165) is 33.3 Å². The second-order valence-corrected chi connectivity index (χ2v) is 8.31. The van der Waals surface area contributed by atoms with Gasteiger partial charge >= 0.3 is 0 Å². The maximum atomic E-state index is 7.60. The first-order valence-electron chi connectivity index (χ1n) is 11.6. The number of benzene rings is 3. The van der Waals surface area contributed by atoms with Crippen LogP contribution < -0.4 is 4.90 Å². The summed E-state index contributed by atoms with van der Waals surface area (Å²) in [7, 11) is 1.99. The Balaban J connectivity index is 1.63. The molecule has 1 fully saturated rings. The average molecular weight is 373 g/mol. The van der Waals surface area contributed by atoms with E-state index in [9.17, 15) is 0 Å². The van der Waals surface area contributed by atoms with Crippen LogP contribution in [0.15, 0.2) is 65.1 Å². The van der Waals surface area contributed by atoms with Gasteiger partial charge in [0.25, 0.3) is 0 Å². The number of hydrogen-bond donors (Lipinski definition) is 0. The summed E-state index contributed by atoms with van der Waals surface area (Å²) in [6, 6.07) is 19.8. The van der Waals surface area contributed by atoms with Crippen LogP contribution in [0.1, 0.15) is 47.8 Å². The number of hydrogen-bond acceptors (Lipinski definition) is 2. The molecular formula is C26H27NO. The van der Waals surface area contributed by atoms with Crippen LogP contribution in [0.3, 0.4) is 0 Å². The van der Waals surface area contributed by atoms with E-state index in [2.05, 4.69) is 48.2 Å². The molecule has 2 nitrogen and oxygen atoms in total. The van der Waals surface area contributed by atoms with E-state index in [1.54, 1.807) is 12.1 Å². The molecule has 1 heterocycles. The van der Waals surface area contributed by atoms with Crippen molar-refractivity contribution >= 4 is 33.3 Å². The number of rotatable bonds is 3. The standard InChI is InChI=1S/C26H27NO/c1-18-12-14-19(15-13-18)27(3)23-11-7-9-21-20-8-6-10-22(24(20)28-25(21)23)26(2)16-4-5-17-26/h6-15H,4-5,16-17H2,1-3H3/i1D3. The SMILES string of the molecule is [2H]C([2H])([2H])c1ccc(N(C)c2cccc3c2oc2c(C4(C)CCCC4)cccc23)cc1. The van der Waals surface area contributed by atoms with E-state index in [1.165, 1.54) is 31.2 Å². The minimum atomic E-state index is -2.09. The molecule has 1 aliphatic carbocycles. The van der Waals surface area contributed by atoms with Crippen LogP contribution in [-0.4, -0.2) is 7.05 Å². The van der Waals surface area contributed by atoms with Gasteiger partial charge in [-0.1, -0.05) is 67.8 Å². The van der Waals surface area contributed by atoms with Gasteiger partial charge in [0.15, 0.2) is 5.58 Å². The fourth-order valence-corrected chi connectivity index (χ4v) is 4.79. The number of furan rings is 1. The molecule has 1 aliphatic rings. The Morgan fingerprint density at radius 1 is 0.893 bits per heavy atom. The minimum Gasteiger partial charge on any atom is -0.454 e. The van der Waals surface area contributed by atoms with Gasteiger partial charge in [0.2, 0.25) is 0 Å². The van der Waals surface area contributed by atoms with Gasteiger partial charge in [-0.25, -0.2) is 0 Å². The Bertz CT molecular complexity index is 1250. The van der Waals surface area contributed by atoms with Crippen molar-refractivity contribution in [1.82, 2.24) is 0 Å². The van der Waals surface area contributed by atoms with Crippen molar-refractivity contribution < 1.29 is 8.53 Å². The molecule has 4 aromatic rings. The maximum Gasteiger partial charge on any atom is 0.159 e. The van der Waals surface area contributed by atoms with Gasteiger partial charge in [0.05, 0.1) is 5.69 Å². The van der Waals surface area contributed by atoms with Crippen LogP contribution in [0.4, 0.5) is 11.4 Å². The van der Waals surface area contributed by atoms with Gasteiger partial charge in [-0.15, -0.1) is 0 Å². The minimum absolute atomic E-state index is 0.171. The molecular weight excluding hydrogens is 342 g/mol. The van der Waals surface area contributed by atoms with E-state index >= 15 is 0 Å². The Kier molecular flexibility index (Phi) is 3.27. The predicted octanol–water partition coefficient (Wildman–Crippen LogP) is 7.49. The number of aryl methyl sites for hydroxylation is 1. The zero-order valence-electron chi connectivity index (χ0n) is 19.5. The van der Waals surface area contributed by atoms with E-state index < -0.39 is 6.85 Å². The fourth-order valence-electron chi connectivity index (χ4n) is 4.79. The Morgan fingerprint density at radius 2 is 1.57 bits per heavy atom. The quantitative estimate of drug-likeness (QED) is 0.370. The van der Waals surface area contributed by atoms with Crippen LogP contribution in [-0.2, 0) is 5.41 Å². The summed E-state index contributed by atoms with van der Waals surface area (Å²) in [6.07, 6.45) is 4.94. The molecule has 0 bridgehead atoms. The van der Waals surface area contributed by atoms with Crippen molar-refractivity contribution in [3.8, 4) is 0 Å². The molecule has 0 saturated heterocycles. The van der Waals surface area contributed by atoms with E-state index in [0.29, 0.717) is 5.56 Å². The van der Waals surface area contributed by atoms with E-state index in [1.807, 2.05) is 19.2 Å². The van der Waals surface area contributed by atoms with Gasteiger partial charge < -0.3 is 9.32 Å². The Labute approximate surface area is 171 Å². The summed E-state index contributed by atoms with van der Waals surface area (Å²) in [5.41, 5.74) is 5.59. The largest absolute Gasteiger partial charge is 0.454 e. The molecule has 142 valence electrons. The highest BCUT2D eigenvalue weighted by atomic mass is 16.3. The molecule has 0 atom stereocenters. The van der Waals surface area contributed by atoms with E-state index in [4.69, 9.17) is 8.53 Å². The highest BCUT2D eigenvalue weighted by molar-refractivity contribution is 6.10. The molecule has 3 aromatic carbocycles. The second-order valence-electron chi connectivity index (χ2n) is 8.31. The molecule has 28 heavy (non-hydrogen) atoms. The molecule has 1 aromatic heterocycles. The zero-order chi connectivity index (χ0) is 21.8. The third kappa shape index (κ3) is 2.63. The fraction of sp³-hybridized carbons (Fsp3) is 0.308. The van der Waals surface area contributed by atoms with E-state index in [-0.39, 0.29) is 5.41 Å². The molecule has 0 aliphatic heterocycles. The van der Waals surface area contributed by atoms with Crippen molar-refractivity contribution in [2.45, 2.75) is 44.9 Å². The molecule has 0 N–H and O–H groups in total. The first-order valence-corrected chi connectivity index (χ1v) is 10.1. The summed E-state index contributed by atoms with van der Waals surface area (Å²) < 4.78 is 29.4. The molecule has 0 unspecified atom stereocenters. The van der Waals surface area contributed by atoms with Gasteiger partial charge in [-0.3, -0.25) is 0 Å². The molecule has 2 heteroatoms. The van der Waals surface area contributed by atoms with Gasteiger partial charge in [-0.05, 0) is 43.3 Å². The molecule has 0 spiro atoms. The summed E-state index contributed by atoms with van der Waals surface area (Å²) in [5.74, 6) is 0. The van der Waals surface area contributed by atoms with Crippen molar-refractivity contribution in [1.29, 1.82) is 0 Å². The number of para-hydroxylation sites is 2. The summed E-state index contributed by atoms with van der Waals surface area (Å²) in [4.78, 5) is 2.06. The molecule has 0 radical (unpaired) electrons. The van der Waals surface area contributed by atoms with Gasteiger partial charge in [0, 0.05) is 33.2 Å². The van der Waals surface area contributed by atoms with Crippen LogP contribution in [0.2, 0.25) is 0 Å². The lowest BCUT2D eigenvalue weighted by molar-refractivity contribution is 0.486. The molecule has 5 rings (SSSR count). The first-order chi connectivity index (χ1) is 14.8. The lowest BCUT2D eigenvalue weighted by Crippen LogP contribution is -2.16. The number of fused-ring (bicyclic) bond motifs is 3.